The van der Waals surface area contributed by atoms with E-state index in [-0.39, 0.29) is 25.7 Å². The van der Waals surface area contributed by atoms with Crippen LogP contribution in [0.25, 0.3) is 0 Å². The molecule has 0 aliphatic carbocycles. The molecule has 19 heteroatoms. The molecule has 0 saturated heterocycles. The third-order valence-electron chi connectivity index (χ3n) is 17.1. The van der Waals surface area contributed by atoms with Crippen molar-refractivity contribution in [3.8, 4) is 0 Å². The molecule has 6 atom stereocenters. The lowest BCUT2D eigenvalue weighted by atomic mass is 9.99. The van der Waals surface area contributed by atoms with Crippen molar-refractivity contribution >= 4 is 39.5 Å². The fourth-order valence-corrected chi connectivity index (χ4v) is 12.5. The van der Waals surface area contributed by atoms with Gasteiger partial charge in [-0.1, -0.05) is 318 Å². The Bertz CT molecular complexity index is 1770. The predicted molar refractivity (Wildman–Crippen MR) is 368 cm³/mol. The van der Waals surface area contributed by atoms with Crippen LogP contribution >= 0.6 is 15.6 Å². The second kappa shape index (κ2) is 64.1. The zero-order valence-corrected chi connectivity index (χ0v) is 60.9. The van der Waals surface area contributed by atoms with Gasteiger partial charge in [-0.3, -0.25) is 37.3 Å². The zero-order valence-electron chi connectivity index (χ0n) is 59.1. The van der Waals surface area contributed by atoms with E-state index in [9.17, 15) is 43.2 Å². The van der Waals surface area contributed by atoms with E-state index in [1.165, 1.54) is 180 Å². The van der Waals surface area contributed by atoms with Crippen LogP contribution in [0.5, 0.6) is 0 Å². The molecule has 0 aliphatic rings. The van der Waals surface area contributed by atoms with Crippen molar-refractivity contribution < 1.29 is 80.2 Å². The summed E-state index contributed by atoms with van der Waals surface area (Å²) in [5, 5.41) is 10.6. The molecule has 0 aromatic heterocycles. The van der Waals surface area contributed by atoms with Crippen molar-refractivity contribution in [3.63, 3.8) is 0 Å². The molecule has 0 heterocycles. The highest BCUT2D eigenvalue weighted by molar-refractivity contribution is 7.47. The summed E-state index contributed by atoms with van der Waals surface area (Å²) >= 11 is 0. The Balaban J connectivity index is 5.12. The number of unbranched alkanes of at least 4 members (excludes halogenated alkanes) is 40. The van der Waals surface area contributed by atoms with Crippen LogP contribution in [0.2, 0.25) is 0 Å². The molecule has 91 heavy (non-hydrogen) atoms. The van der Waals surface area contributed by atoms with Gasteiger partial charge in [0.05, 0.1) is 26.4 Å². The molecule has 540 valence electrons. The van der Waals surface area contributed by atoms with Gasteiger partial charge in [0.15, 0.2) is 12.2 Å². The molecule has 0 aromatic rings. The molecule has 0 spiro atoms. The first-order chi connectivity index (χ1) is 43.9. The Morgan fingerprint density at radius 3 is 0.835 bits per heavy atom. The number of phosphoric acid groups is 2. The number of hydrogen-bond acceptors (Lipinski definition) is 15. The second-order valence-electron chi connectivity index (χ2n) is 26.7. The molecule has 0 radical (unpaired) electrons. The Hall–Kier alpha value is -1.94. The molecular weight excluding hydrogens is 1200 g/mol. The largest absolute Gasteiger partial charge is 0.472 e. The normalized spacial score (nSPS) is 14.4. The fourth-order valence-electron chi connectivity index (χ4n) is 10.9. The quantitative estimate of drug-likeness (QED) is 0.0222. The number of carbonyl (C=O) groups excluding carboxylic acids is 4. The summed E-state index contributed by atoms with van der Waals surface area (Å²) < 4.78 is 68.1. The topological polar surface area (TPSA) is 237 Å². The van der Waals surface area contributed by atoms with Crippen LogP contribution in [-0.2, 0) is 65.4 Å². The van der Waals surface area contributed by atoms with Crippen LogP contribution in [0.3, 0.4) is 0 Å². The van der Waals surface area contributed by atoms with Gasteiger partial charge in [-0.05, 0) is 37.5 Å². The highest BCUT2D eigenvalue weighted by atomic mass is 31.2. The Morgan fingerprint density at radius 1 is 0.319 bits per heavy atom. The van der Waals surface area contributed by atoms with Crippen LogP contribution in [0.4, 0.5) is 0 Å². The number of hydrogen-bond donors (Lipinski definition) is 3. The molecule has 0 bridgehead atoms. The Labute approximate surface area is 556 Å². The van der Waals surface area contributed by atoms with Gasteiger partial charge in [0.2, 0.25) is 0 Å². The number of esters is 4. The SMILES string of the molecule is CCCCCCCCCCCCCCCC(=O)OC[C@H](COP(=O)(O)OC[C@@H](O)COP(=O)(O)OC[C@@H](COC(=O)CCCCCCC)OC(=O)CCCCCCCCCCC(C)CC)OC(=O)CCCCCCCCCCCCCCCCCCCCC(C)C. The minimum atomic E-state index is -4.95. The van der Waals surface area contributed by atoms with Gasteiger partial charge >= 0.3 is 39.5 Å². The van der Waals surface area contributed by atoms with E-state index < -0.39 is 97.5 Å². The van der Waals surface area contributed by atoms with E-state index in [4.69, 9.17) is 37.0 Å². The molecule has 17 nitrogen and oxygen atoms in total. The minimum Gasteiger partial charge on any atom is -0.462 e. The predicted octanol–water partition coefficient (Wildman–Crippen LogP) is 20.8. The van der Waals surface area contributed by atoms with Gasteiger partial charge in [-0.25, -0.2) is 9.13 Å². The number of rotatable bonds is 71. The highest BCUT2D eigenvalue weighted by Gasteiger charge is 2.30. The third kappa shape index (κ3) is 65.1. The van der Waals surface area contributed by atoms with Crippen molar-refractivity contribution in [2.45, 2.75) is 387 Å². The van der Waals surface area contributed by atoms with Crippen molar-refractivity contribution in [2.24, 2.45) is 11.8 Å². The van der Waals surface area contributed by atoms with Crippen molar-refractivity contribution in [1.82, 2.24) is 0 Å². The van der Waals surface area contributed by atoms with E-state index in [1.54, 1.807) is 0 Å². The van der Waals surface area contributed by atoms with Gasteiger partial charge in [0, 0.05) is 25.7 Å². The maximum Gasteiger partial charge on any atom is 0.472 e. The van der Waals surface area contributed by atoms with Crippen molar-refractivity contribution in [2.75, 3.05) is 39.6 Å². The molecule has 0 aromatic carbocycles. The first kappa shape index (κ1) is 89.1. The number of aliphatic hydroxyl groups is 1. The van der Waals surface area contributed by atoms with E-state index in [0.717, 1.165) is 108 Å². The van der Waals surface area contributed by atoms with Gasteiger partial charge in [-0.2, -0.15) is 0 Å². The molecule has 0 aliphatic heterocycles. The van der Waals surface area contributed by atoms with Crippen LogP contribution in [0.15, 0.2) is 0 Å². The standard InChI is InChI=1S/C72H140O17P2/c1-7-10-12-14-15-16-17-24-28-31-37-43-49-55-70(75)83-61-68(89-71(76)56-50-44-38-32-29-26-23-21-19-18-20-22-25-27-30-35-41-46-52-64(4)5)63-87-91(80,81)85-59-66(73)58-84-90(78,79)86-62-67(60-82-69(74)54-48-40-13-11-8-2)88-72(77)57-51-45-39-34-33-36-42-47-53-65(6)9-3/h64-68,73H,7-63H2,1-6H3,(H,78,79)(H,80,81)/t65?,66-,67+,68+/m0/s1. The Morgan fingerprint density at radius 2 is 0.560 bits per heavy atom. The van der Waals surface area contributed by atoms with E-state index in [1.807, 2.05) is 0 Å². The number of aliphatic hydroxyl groups excluding tert-OH is 1. The van der Waals surface area contributed by atoms with Gasteiger partial charge in [0.25, 0.3) is 0 Å². The molecule has 0 rings (SSSR count). The lowest BCUT2D eigenvalue weighted by Gasteiger charge is -2.21. The van der Waals surface area contributed by atoms with Crippen LogP contribution in [0.1, 0.15) is 369 Å². The van der Waals surface area contributed by atoms with Crippen LogP contribution in [-0.4, -0.2) is 96.7 Å². The van der Waals surface area contributed by atoms with Gasteiger partial charge in [-0.15, -0.1) is 0 Å². The number of carbonyl (C=O) groups is 4. The minimum absolute atomic E-state index is 0.104. The summed E-state index contributed by atoms with van der Waals surface area (Å²) in [7, 11) is -9.89. The van der Waals surface area contributed by atoms with Crippen molar-refractivity contribution in [1.29, 1.82) is 0 Å². The highest BCUT2D eigenvalue weighted by Crippen LogP contribution is 2.45. The average molecular weight is 1340 g/mol. The van der Waals surface area contributed by atoms with Gasteiger partial charge < -0.3 is 33.8 Å². The average Bonchev–Trinajstić information content (AvgIpc) is 3.70. The first-order valence-electron chi connectivity index (χ1n) is 37.5. The molecule has 0 fully saturated rings. The molecule has 3 N–H and O–H groups in total. The van der Waals surface area contributed by atoms with Crippen LogP contribution in [0, 0.1) is 11.8 Å². The maximum atomic E-state index is 13.0. The summed E-state index contributed by atoms with van der Waals surface area (Å²) in [6.07, 6.45) is 50.4. The summed E-state index contributed by atoms with van der Waals surface area (Å²) in [6, 6.07) is 0. The summed E-state index contributed by atoms with van der Waals surface area (Å²) in [5.74, 6) is -0.543. The van der Waals surface area contributed by atoms with E-state index >= 15 is 0 Å². The van der Waals surface area contributed by atoms with Gasteiger partial charge in [0.1, 0.15) is 19.3 Å². The molecule has 0 amide bonds. The second-order valence-corrected chi connectivity index (χ2v) is 29.6. The molecule has 0 saturated carbocycles. The zero-order chi connectivity index (χ0) is 67.2. The number of ether oxygens (including phenoxy) is 4. The summed E-state index contributed by atoms with van der Waals surface area (Å²) in [5.41, 5.74) is 0. The van der Waals surface area contributed by atoms with E-state index in [2.05, 4.69) is 41.5 Å². The monoisotopic (exact) mass is 1340 g/mol. The molecular formula is C72H140O17P2. The number of phosphoric ester groups is 2. The fraction of sp³-hybridized carbons (Fsp3) is 0.944. The first-order valence-corrected chi connectivity index (χ1v) is 40.5. The lowest BCUT2D eigenvalue weighted by molar-refractivity contribution is -0.161. The van der Waals surface area contributed by atoms with E-state index in [0.29, 0.717) is 25.7 Å². The smallest absolute Gasteiger partial charge is 0.462 e. The van der Waals surface area contributed by atoms with Crippen molar-refractivity contribution in [3.05, 3.63) is 0 Å². The maximum absolute atomic E-state index is 13.0. The lowest BCUT2D eigenvalue weighted by Crippen LogP contribution is -2.30. The third-order valence-corrected chi connectivity index (χ3v) is 19.0. The Kier molecular flexibility index (Phi) is 62.7. The van der Waals surface area contributed by atoms with Crippen LogP contribution < -0.4 is 0 Å². The molecule has 3 unspecified atom stereocenters. The summed E-state index contributed by atoms with van der Waals surface area (Å²) in [4.78, 5) is 72.3. The summed E-state index contributed by atoms with van der Waals surface area (Å²) in [6.45, 7) is 9.50.